The van der Waals surface area contributed by atoms with E-state index in [2.05, 4.69) is 31.9 Å². The number of aromatic nitrogens is 2. The molecule has 2 aromatic heterocycles. The minimum absolute atomic E-state index is 0.136. The Kier molecular flexibility index (Phi) is 3.71. The van der Waals surface area contributed by atoms with Crippen LogP contribution >= 0.6 is 0 Å². The van der Waals surface area contributed by atoms with E-state index < -0.39 is 0 Å². The molecule has 0 saturated carbocycles. The van der Waals surface area contributed by atoms with Crippen molar-refractivity contribution in [3.05, 3.63) is 60.2 Å². The maximum Gasteiger partial charge on any atom is 0.146 e. The monoisotopic (exact) mass is 310 g/mol. The van der Waals surface area contributed by atoms with Gasteiger partial charge in [-0.25, -0.2) is 9.37 Å². The van der Waals surface area contributed by atoms with E-state index in [1.807, 2.05) is 18.2 Å². The molecule has 1 fully saturated rings. The Labute approximate surface area is 134 Å². The Hall–Kier alpha value is -2.40. The van der Waals surface area contributed by atoms with Gasteiger partial charge in [0.2, 0.25) is 0 Å². The Balaban J connectivity index is 1.41. The van der Waals surface area contributed by atoms with Crippen molar-refractivity contribution in [1.29, 1.82) is 0 Å². The molecule has 0 spiro atoms. The smallest absolute Gasteiger partial charge is 0.146 e. The third kappa shape index (κ3) is 2.92. The van der Waals surface area contributed by atoms with E-state index in [0.717, 1.165) is 43.8 Å². The second-order valence-corrected chi connectivity index (χ2v) is 5.95. The molecule has 1 aliphatic heterocycles. The molecule has 3 aromatic rings. The van der Waals surface area contributed by atoms with Gasteiger partial charge in [-0.3, -0.25) is 4.90 Å². The van der Waals surface area contributed by atoms with E-state index in [1.165, 1.54) is 11.8 Å². The van der Waals surface area contributed by atoms with Crippen LogP contribution in [0.2, 0.25) is 0 Å². The summed E-state index contributed by atoms with van der Waals surface area (Å²) in [5.74, 6) is -0.136. The molecule has 0 amide bonds. The average molecular weight is 310 g/mol. The van der Waals surface area contributed by atoms with Gasteiger partial charge < -0.3 is 9.88 Å². The third-order valence-corrected chi connectivity index (χ3v) is 4.41. The van der Waals surface area contributed by atoms with E-state index in [0.29, 0.717) is 5.69 Å². The number of aromatic amines is 1. The fourth-order valence-electron chi connectivity index (χ4n) is 3.20. The molecule has 5 heteroatoms. The number of para-hydroxylation sites is 1. The lowest BCUT2D eigenvalue weighted by Crippen LogP contribution is -2.46. The van der Waals surface area contributed by atoms with E-state index >= 15 is 0 Å². The van der Waals surface area contributed by atoms with Crippen LogP contribution in [0.3, 0.4) is 0 Å². The van der Waals surface area contributed by atoms with Crippen molar-refractivity contribution >= 4 is 16.7 Å². The molecule has 1 aliphatic rings. The van der Waals surface area contributed by atoms with Gasteiger partial charge in [0.15, 0.2) is 0 Å². The van der Waals surface area contributed by atoms with Gasteiger partial charge in [0.05, 0.1) is 5.69 Å². The molecule has 1 aromatic carbocycles. The lowest BCUT2D eigenvalue weighted by Gasteiger charge is -2.36. The van der Waals surface area contributed by atoms with Crippen molar-refractivity contribution in [3.8, 4) is 0 Å². The topological polar surface area (TPSA) is 35.2 Å². The lowest BCUT2D eigenvalue weighted by atomic mass is 10.2. The fourth-order valence-corrected chi connectivity index (χ4v) is 3.20. The van der Waals surface area contributed by atoms with E-state index in [1.54, 1.807) is 12.3 Å². The van der Waals surface area contributed by atoms with Gasteiger partial charge in [0.1, 0.15) is 11.5 Å². The Morgan fingerprint density at radius 3 is 2.65 bits per heavy atom. The van der Waals surface area contributed by atoms with Crippen LogP contribution < -0.4 is 4.90 Å². The first-order valence-electron chi connectivity index (χ1n) is 7.94. The fraction of sp³-hybridized carbons (Fsp3) is 0.278. The summed E-state index contributed by atoms with van der Waals surface area (Å²) in [4.78, 5) is 12.2. The maximum atomic E-state index is 13.9. The second kappa shape index (κ2) is 6.01. The summed E-state index contributed by atoms with van der Waals surface area (Å²) in [6.45, 7) is 4.43. The van der Waals surface area contributed by atoms with Crippen LogP contribution in [-0.2, 0) is 6.54 Å². The van der Waals surface area contributed by atoms with Crippen LogP contribution in [0.4, 0.5) is 10.1 Å². The second-order valence-electron chi connectivity index (χ2n) is 5.95. The number of pyridine rings is 1. The third-order valence-electron chi connectivity index (χ3n) is 4.41. The number of anilines is 1. The highest BCUT2D eigenvalue weighted by atomic mass is 19.1. The number of halogens is 1. The molecular formula is C18H19FN4. The molecule has 1 N–H and O–H groups in total. The molecule has 4 nitrogen and oxygen atoms in total. The van der Waals surface area contributed by atoms with Gasteiger partial charge >= 0.3 is 0 Å². The number of nitrogens with one attached hydrogen (secondary N) is 1. The van der Waals surface area contributed by atoms with Crippen LogP contribution in [-0.4, -0.2) is 41.0 Å². The molecule has 118 valence electrons. The summed E-state index contributed by atoms with van der Waals surface area (Å²) in [6, 6.07) is 13.2. The first-order chi connectivity index (χ1) is 11.3. The number of piperazine rings is 1. The number of fused-ring (bicyclic) bond motifs is 1. The van der Waals surface area contributed by atoms with Crippen LogP contribution in [0.15, 0.2) is 48.7 Å². The maximum absolute atomic E-state index is 13.9. The van der Waals surface area contributed by atoms with Crippen molar-refractivity contribution in [2.75, 3.05) is 31.1 Å². The van der Waals surface area contributed by atoms with Gasteiger partial charge in [0, 0.05) is 50.0 Å². The van der Waals surface area contributed by atoms with Crippen molar-refractivity contribution in [3.63, 3.8) is 0 Å². The summed E-state index contributed by atoms with van der Waals surface area (Å²) in [6.07, 6.45) is 1.80. The molecule has 4 rings (SSSR count). The van der Waals surface area contributed by atoms with Gasteiger partial charge in [-0.1, -0.05) is 12.1 Å². The Morgan fingerprint density at radius 1 is 1.04 bits per heavy atom. The minimum Gasteiger partial charge on any atom is -0.367 e. The van der Waals surface area contributed by atoms with Crippen LogP contribution in [0.25, 0.3) is 11.0 Å². The van der Waals surface area contributed by atoms with Gasteiger partial charge in [-0.15, -0.1) is 0 Å². The predicted octanol–water partition coefficient (Wildman–Crippen LogP) is 3.02. The first-order valence-corrected chi connectivity index (χ1v) is 7.94. The first kappa shape index (κ1) is 14.2. The SMILES string of the molecule is Fc1ccccc1N1CCN(Cc2cc3cccnc3[nH]2)CC1. The normalized spacial score (nSPS) is 16.1. The number of benzene rings is 1. The van der Waals surface area contributed by atoms with Gasteiger partial charge in [-0.05, 0) is 30.3 Å². The summed E-state index contributed by atoms with van der Waals surface area (Å²) < 4.78 is 13.9. The highest BCUT2D eigenvalue weighted by molar-refractivity contribution is 5.76. The van der Waals surface area contributed by atoms with Crippen LogP contribution in [0.5, 0.6) is 0 Å². The van der Waals surface area contributed by atoms with E-state index in [-0.39, 0.29) is 5.82 Å². The van der Waals surface area contributed by atoms with Crippen LogP contribution in [0.1, 0.15) is 5.69 Å². The molecule has 3 heterocycles. The molecule has 0 bridgehead atoms. The largest absolute Gasteiger partial charge is 0.367 e. The quantitative estimate of drug-likeness (QED) is 0.807. The average Bonchev–Trinajstić information content (AvgIpc) is 2.98. The van der Waals surface area contributed by atoms with Crippen molar-refractivity contribution in [2.24, 2.45) is 0 Å². The highest BCUT2D eigenvalue weighted by Gasteiger charge is 2.19. The summed E-state index contributed by atoms with van der Waals surface area (Å²) in [7, 11) is 0. The zero-order valence-corrected chi connectivity index (χ0v) is 12.9. The number of nitrogens with zero attached hydrogens (tertiary/aromatic N) is 3. The molecule has 0 radical (unpaired) electrons. The minimum atomic E-state index is -0.136. The number of hydrogen-bond acceptors (Lipinski definition) is 3. The standard InChI is InChI=1S/C18H19FN4/c19-16-5-1-2-6-17(16)23-10-8-22(9-11-23)13-15-12-14-4-3-7-20-18(14)21-15/h1-7,12H,8-11,13H2,(H,20,21). The summed E-state index contributed by atoms with van der Waals surface area (Å²) in [5.41, 5.74) is 2.83. The van der Waals surface area contributed by atoms with Gasteiger partial charge in [0.25, 0.3) is 0 Å². The summed E-state index contributed by atoms with van der Waals surface area (Å²) in [5, 5.41) is 1.15. The zero-order valence-electron chi connectivity index (χ0n) is 12.9. The molecule has 23 heavy (non-hydrogen) atoms. The predicted molar refractivity (Wildman–Crippen MR) is 90.0 cm³/mol. The zero-order chi connectivity index (χ0) is 15.6. The number of hydrogen-bond donors (Lipinski definition) is 1. The van der Waals surface area contributed by atoms with Crippen LogP contribution in [0, 0.1) is 5.82 Å². The van der Waals surface area contributed by atoms with E-state index in [4.69, 9.17) is 0 Å². The van der Waals surface area contributed by atoms with Crippen molar-refractivity contribution in [2.45, 2.75) is 6.54 Å². The Bertz CT molecular complexity index is 772. The highest BCUT2D eigenvalue weighted by Crippen LogP contribution is 2.21. The summed E-state index contributed by atoms with van der Waals surface area (Å²) >= 11 is 0. The molecule has 0 atom stereocenters. The van der Waals surface area contributed by atoms with Crippen molar-refractivity contribution < 1.29 is 4.39 Å². The molecule has 0 unspecified atom stereocenters. The van der Waals surface area contributed by atoms with Crippen molar-refractivity contribution in [1.82, 2.24) is 14.9 Å². The van der Waals surface area contributed by atoms with Gasteiger partial charge in [-0.2, -0.15) is 0 Å². The lowest BCUT2D eigenvalue weighted by molar-refractivity contribution is 0.247. The molecular weight excluding hydrogens is 291 g/mol. The molecule has 1 saturated heterocycles. The number of H-pyrrole nitrogens is 1. The van der Waals surface area contributed by atoms with E-state index in [9.17, 15) is 4.39 Å². The number of rotatable bonds is 3. The Morgan fingerprint density at radius 2 is 1.87 bits per heavy atom. The molecule has 0 aliphatic carbocycles.